The molecule has 0 aliphatic rings. The van der Waals surface area contributed by atoms with Gasteiger partial charge in [-0.2, -0.15) is 0 Å². The summed E-state index contributed by atoms with van der Waals surface area (Å²) in [6.07, 6.45) is 0.389. The van der Waals surface area contributed by atoms with E-state index in [9.17, 15) is 4.39 Å². The van der Waals surface area contributed by atoms with Gasteiger partial charge in [-0.1, -0.05) is 32.4 Å². The molecule has 0 saturated heterocycles. The number of benzene rings is 1. The van der Waals surface area contributed by atoms with Gasteiger partial charge in [-0.25, -0.2) is 4.39 Å². The van der Waals surface area contributed by atoms with Gasteiger partial charge in [-0.05, 0) is 35.6 Å². The molecule has 1 rings (SSSR count). The van der Waals surface area contributed by atoms with E-state index in [2.05, 4.69) is 26.2 Å². The fraction of sp³-hybridized carbons (Fsp3) is 0.571. The van der Waals surface area contributed by atoms with Gasteiger partial charge in [0.1, 0.15) is 5.82 Å². The third-order valence-corrected chi connectivity index (χ3v) is 3.50. The predicted molar refractivity (Wildman–Crippen MR) is 76.5 cm³/mol. The van der Waals surface area contributed by atoms with Gasteiger partial charge in [0.15, 0.2) is 0 Å². The molecule has 0 spiro atoms. The smallest absolute Gasteiger partial charge is 0.123 e. The summed E-state index contributed by atoms with van der Waals surface area (Å²) >= 11 is 6.08. The number of nitrogens with one attached hydrogen (secondary N) is 1. The van der Waals surface area contributed by atoms with Crippen LogP contribution in [0, 0.1) is 11.2 Å². The van der Waals surface area contributed by atoms with Gasteiger partial charge < -0.3 is 4.74 Å². The van der Waals surface area contributed by atoms with Crippen molar-refractivity contribution < 1.29 is 9.13 Å². The fourth-order valence-electron chi connectivity index (χ4n) is 2.31. The molecule has 0 amide bonds. The van der Waals surface area contributed by atoms with Crippen molar-refractivity contribution in [3.8, 4) is 0 Å². The van der Waals surface area contributed by atoms with E-state index in [1.165, 1.54) is 12.1 Å². The second-order valence-corrected chi connectivity index (χ2v) is 6.14. The summed E-state index contributed by atoms with van der Waals surface area (Å²) in [6, 6.07) is 4.18. The Kier molecular flexibility index (Phi) is 5.74. The molecule has 0 aliphatic heterocycles. The lowest BCUT2D eigenvalue weighted by atomic mass is 9.82. The second-order valence-electron chi connectivity index (χ2n) is 5.74. The maximum Gasteiger partial charge on any atom is 0.123 e. The third-order valence-electron chi connectivity index (χ3n) is 3.13. The van der Waals surface area contributed by atoms with E-state index in [0.717, 1.165) is 5.56 Å². The molecule has 0 aromatic heterocycles. The first-order valence-corrected chi connectivity index (χ1v) is 6.60. The number of nitrogens with two attached hydrogens (primary N) is 1. The molecule has 0 saturated carbocycles. The zero-order chi connectivity index (χ0) is 14.6. The molecule has 1 aromatic rings. The Labute approximate surface area is 119 Å². The quantitative estimate of drug-likeness (QED) is 0.647. The first-order chi connectivity index (χ1) is 8.79. The second kappa shape index (κ2) is 6.66. The van der Waals surface area contributed by atoms with Crippen LogP contribution in [0.5, 0.6) is 0 Å². The molecular formula is C14H22ClFN2O. The van der Waals surface area contributed by atoms with Crippen molar-refractivity contribution in [3.63, 3.8) is 0 Å². The lowest BCUT2D eigenvalue weighted by molar-refractivity contribution is -0.0110. The highest BCUT2D eigenvalue weighted by Crippen LogP contribution is 2.27. The molecule has 2 unspecified atom stereocenters. The Morgan fingerprint density at radius 2 is 2.05 bits per heavy atom. The number of methoxy groups -OCH3 is 1. The number of halogens is 2. The molecule has 5 heteroatoms. The minimum Gasteiger partial charge on any atom is -0.379 e. The van der Waals surface area contributed by atoms with E-state index >= 15 is 0 Å². The van der Waals surface area contributed by atoms with Crippen LogP contribution >= 0.6 is 11.6 Å². The van der Waals surface area contributed by atoms with Crippen LogP contribution in [0.3, 0.4) is 0 Å². The largest absolute Gasteiger partial charge is 0.379 e. The monoisotopic (exact) mass is 288 g/mol. The molecule has 0 heterocycles. The highest BCUT2D eigenvalue weighted by Gasteiger charge is 2.32. The zero-order valence-corrected chi connectivity index (χ0v) is 12.6. The number of ether oxygens (including phenoxy) is 1. The molecule has 108 valence electrons. The summed E-state index contributed by atoms with van der Waals surface area (Å²) in [5.41, 5.74) is 3.38. The van der Waals surface area contributed by atoms with Gasteiger partial charge >= 0.3 is 0 Å². The molecule has 1 aromatic carbocycles. The van der Waals surface area contributed by atoms with Gasteiger partial charge in [0.25, 0.3) is 0 Å². The lowest BCUT2D eigenvalue weighted by Gasteiger charge is -2.35. The lowest BCUT2D eigenvalue weighted by Crippen LogP contribution is -2.51. The summed E-state index contributed by atoms with van der Waals surface area (Å²) in [6.45, 7) is 6.20. The predicted octanol–water partition coefficient (Wildman–Crippen LogP) is 2.91. The average molecular weight is 289 g/mol. The molecule has 0 fully saturated rings. The van der Waals surface area contributed by atoms with Crippen molar-refractivity contribution in [1.29, 1.82) is 0 Å². The van der Waals surface area contributed by atoms with Gasteiger partial charge in [0, 0.05) is 12.1 Å². The summed E-state index contributed by atoms with van der Waals surface area (Å²) < 4.78 is 18.8. The van der Waals surface area contributed by atoms with Gasteiger partial charge in [-0.15, -0.1) is 0 Å². The van der Waals surface area contributed by atoms with Crippen molar-refractivity contribution in [1.82, 2.24) is 5.43 Å². The molecule has 19 heavy (non-hydrogen) atoms. The van der Waals surface area contributed by atoms with Gasteiger partial charge in [0.2, 0.25) is 0 Å². The SMILES string of the molecule is COC(C(Cc1cc(F)ccc1Cl)NN)C(C)(C)C. The summed E-state index contributed by atoms with van der Waals surface area (Å²) in [7, 11) is 1.65. The topological polar surface area (TPSA) is 47.3 Å². The standard InChI is InChI=1S/C14H22ClFN2O/c1-14(2,3)13(19-4)12(18-17)8-9-7-10(16)5-6-11(9)15/h5-7,12-13,18H,8,17H2,1-4H3. The van der Waals surface area contributed by atoms with Crippen LogP contribution in [0.4, 0.5) is 4.39 Å². The van der Waals surface area contributed by atoms with Crippen LogP contribution < -0.4 is 11.3 Å². The Hall–Kier alpha value is -0.680. The van der Waals surface area contributed by atoms with Gasteiger partial charge in [-0.3, -0.25) is 11.3 Å². The van der Waals surface area contributed by atoms with Crippen molar-refractivity contribution in [2.24, 2.45) is 11.3 Å². The first-order valence-electron chi connectivity index (χ1n) is 6.22. The van der Waals surface area contributed by atoms with Crippen molar-refractivity contribution in [2.75, 3.05) is 7.11 Å². The highest BCUT2D eigenvalue weighted by molar-refractivity contribution is 6.31. The molecule has 0 radical (unpaired) electrons. The van der Waals surface area contributed by atoms with Crippen LogP contribution in [0.15, 0.2) is 18.2 Å². The first kappa shape index (κ1) is 16.4. The van der Waals surface area contributed by atoms with E-state index in [1.807, 2.05) is 0 Å². The van der Waals surface area contributed by atoms with E-state index in [-0.39, 0.29) is 23.4 Å². The van der Waals surface area contributed by atoms with E-state index in [1.54, 1.807) is 13.2 Å². The van der Waals surface area contributed by atoms with Crippen molar-refractivity contribution in [3.05, 3.63) is 34.6 Å². The number of hydrazine groups is 1. The van der Waals surface area contributed by atoms with Crippen LogP contribution in [0.1, 0.15) is 26.3 Å². The Morgan fingerprint density at radius 3 is 2.53 bits per heavy atom. The number of rotatable bonds is 5. The molecule has 2 atom stereocenters. The summed E-state index contributed by atoms with van der Waals surface area (Å²) in [5, 5.41) is 0.533. The highest BCUT2D eigenvalue weighted by atomic mass is 35.5. The van der Waals surface area contributed by atoms with Gasteiger partial charge in [0.05, 0.1) is 12.1 Å². The van der Waals surface area contributed by atoms with Crippen molar-refractivity contribution >= 4 is 11.6 Å². The van der Waals surface area contributed by atoms with E-state index in [0.29, 0.717) is 11.4 Å². The van der Waals surface area contributed by atoms with E-state index < -0.39 is 0 Å². The average Bonchev–Trinajstić information content (AvgIpc) is 2.31. The number of hydrogen-bond donors (Lipinski definition) is 2. The normalized spacial score (nSPS) is 15.3. The molecule has 3 N–H and O–H groups in total. The van der Waals surface area contributed by atoms with Crippen LogP contribution in [0.25, 0.3) is 0 Å². The Balaban J connectivity index is 2.95. The number of hydrogen-bond acceptors (Lipinski definition) is 3. The van der Waals surface area contributed by atoms with E-state index in [4.69, 9.17) is 22.2 Å². The molecular weight excluding hydrogens is 267 g/mol. The summed E-state index contributed by atoms with van der Waals surface area (Å²) in [4.78, 5) is 0. The maximum atomic E-state index is 13.3. The Morgan fingerprint density at radius 1 is 1.42 bits per heavy atom. The maximum absolute atomic E-state index is 13.3. The minimum absolute atomic E-state index is 0.0917. The van der Waals surface area contributed by atoms with Crippen molar-refractivity contribution in [2.45, 2.75) is 39.3 Å². The fourth-order valence-corrected chi connectivity index (χ4v) is 2.51. The third kappa shape index (κ3) is 4.42. The summed E-state index contributed by atoms with van der Waals surface area (Å²) in [5.74, 6) is 5.31. The molecule has 0 aliphatic carbocycles. The zero-order valence-electron chi connectivity index (χ0n) is 11.8. The van der Waals surface area contributed by atoms with Crippen LogP contribution in [0.2, 0.25) is 5.02 Å². The van der Waals surface area contributed by atoms with Crippen LogP contribution in [-0.4, -0.2) is 19.3 Å². The molecule has 3 nitrogen and oxygen atoms in total. The Bertz CT molecular complexity index is 420. The minimum atomic E-state index is -0.306. The molecule has 0 bridgehead atoms. The van der Waals surface area contributed by atoms with Crippen LogP contribution in [-0.2, 0) is 11.2 Å².